The van der Waals surface area contributed by atoms with Crippen LogP contribution in [-0.4, -0.2) is 39.0 Å². The lowest BCUT2D eigenvalue weighted by molar-refractivity contribution is 0.0697. The second-order valence-electron chi connectivity index (χ2n) is 3.77. The normalized spacial score (nSPS) is 11.4. The quantitative estimate of drug-likeness (QED) is 0.732. The number of rotatable bonds is 6. The van der Waals surface area contributed by atoms with E-state index in [1.54, 1.807) is 0 Å². The van der Waals surface area contributed by atoms with E-state index in [-0.39, 0.29) is 34.9 Å². The number of carbonyl (C=O) groups is 1. The first-order valence-corrected chi connectivity index (χ1v) is 6.99. The molecule has 0 spiro atoms. The fourth-order valence-electron chi connectivity index (χ4n) is 1.52. The number of ether oxygens (including phenoxy) is 1. The molecule has 0 saturated carbocycles. The maximum absolute atomic E-state index is 11.7. The Morgan fingerprint density at radius 1 is 1.44 bits per heavy atom. The van der Waals surface area contributed by atoms with Gasteiger partial charge in [0.2, 0.25) is 0 Å². The third-order valence-electron chi connectivity index (χ3n) is 2.37. The van der Waals surface area contributed by atoms with Gasteiger partial charge in [0.15, 0.2) is 9.84 Å². The molecule has 1 aromatic rings. The van der Waals surface area contributed by atoms with Gasteiger partial charge in [0.1, 0.15) is 0 Å². The molecule has 0 aromatic heterocycles. The highest BCUT2D eigenvalue weighted by Crippen LogP contribution is 2.19. The molecule has 3 N–H and O–H groups in total. The minimum absolute atomic E-state index is 0.0574. The van der Waals surface area contributed by atoms with Gasteiger partial charge in [0.05, 0.1) is 23.7 Å². The maximum atomic E-state index is 11.7. The Morgan fingerprint density at radius 2 is 2.11 bits per heavy atom. The minimum Gasteiger partial charge on any atom is -0.478 e. The van der Waals surface area contributed by atoms with E-state index < -0.39 is 15.8 Å². The molecule has 1 aromatic carbocycles. The summed E-state index contributed by atoms with van der Waals surface area (Å²) in [5.74, 6) is -1.74. The lowest BCUT2D eigenvalue weighted by atomic mass is 10.1. The summed E-state index contributed by atoms with van der Waals surface area (Å²) in [6.07, 6.45) is 0. The number of hydrogen-bond acceptors (Lipinski definition) is 5. The lowest BCUT2D eigenvalue weighted by Crippen LogP contribution is -2.16. The highest BCUT2D eigenvalue weighted by Gasteiger charge is 2.19. The van der Waals surface area contributed by atoms with E-state index in [0.29, 0.717) is 0 Å². The molecule has 0 aliphatic carbocycles. The van der Waals surface area contributed by atoms with E-state index >= 15 is 0 Å². The largest absolute Gasteiger partial charge is 0.478 e. The van der Waals surface area contributed by atoms with Crippen LogP contribution in [0.25, 0.3) is 0 Å². The smallest absolute Gasteiger partial charge is 0.338 e. The first-order chi connectivity index (χ1) is 8.37. The van der Waals surface area contributed by atoms with Crippen molar-refractivity contribution in [2.75, 3.05) is 25.2 Å². The summed E-state index contributed by atoms with van der Waals surface area (Å²) in [6.45, 7) is 0.0764. The van der Waals surface area contributed by atoms with Crippen LogP contribution in [0.4, 0.5) is 5.69 Å². The standard InChI is InChI=1S/C11H15NO5S/c1-17-5-6-18(15,16)7-8-3-2-4-9(12)10(8)11(13)14/h2-4H,5-7,12H2,1H3,(H,13,14). The van der Waals surface area contributed by atoms with Crippen LogP contribution in [0.3, 0.4) is 0 Å². The third kappa shape index (κ3) is 3.71. The van der Waals surface area contributed by atoms with E-state index in [9.17, 15) is 13.2 Å². The molecule has 0 heterocycles. The van der Waals surface area contributed by atoms with Crippen molar-refractivity contribution in [3.63, 3.8) is 0 Å². The topological polar surface area (TPSA) is 107 Å². The SMILES string of the molecule is COCCS(=O)(=O)Cc1cccc(N)c1C(=O)O. The van der Waals surface area contributed by atoms with Gasteiger partial charge in [0.25, 0.3) is 0 Å². The molecule has 0 fully saturated rings. The molecular formula is C11H15NO5S. The van der Waals surface area contributed by atoms with Crippen LogP contribution in [0, 0.1) is 0 Å². The maximum Gasteiger partial charge on any atom is 0.338 e. The second kappa shape index (κ2) is 5.83. The zero-order valence-electron chi connectivity index (χ0n) is 9.92. The van der Waals surface area contributed by atoms with Gasteiger partial charge in [0, 0.05) is 12.8 Å². The molecule has 6 nitrogen and oxygen atoms in total. The molecule has 0 aliphatic heterocycles. The molecule has 7 heteroatoms. The predicted molar refractivity (Wildman–Crippen MR) is 67.2 cm³/mol. The fraction of sp³-hybridized carbons (Fsp3) is 0.364. The van der Waals surface area contributed by atoms with Gasteiger partial charge in [-0.1, -0.05) is 12.1 Å². The number of anilines is 1. The number of carboxylic acid groups (broad SMARTS) is 1. The summed E-state index contributed by atoms with van der Waals surface area (Å²) in [5.41, 5.74) is 5.64. The highest BCUT2D eigenvalue weighted by molar-refractivity contribution is 7.90. The molecule has 0 atom stereocenters. The molecule has 0 amide bonds. The molecule has 100 valence electrons. The minimum atomic E-state index is -3.41. The number of sulfone groups is 1. The van der Waals surface area contributed by atoms with Gasteiger partial charge < -0.3 is 15.6 Å². The molecular weight excluding hydrogens is 258 g/mol. The lowest BCUT2D eigenvalue weighted by Gasteiger charge is -2.09. The third-order valence-corrected chi connectivity index (χ3v) is 3.91. The monoisotopic (exact) mass is 273 g/mol. The number of benzene rings is 1. The Labute approximate surface area is 105 Å². The van der Waals surface area contributed by atoms with Gasteiger partial charge in [-0.2, -0.15) is 0 Å². The van der Waals surface area contributed by atoms with Crippen LogP contribution in [0.2, 0.25) is 0 Å². The van der Waals surface area contributed by atoms with Crippen LogP contribution in [0.15, 0.2) is 18.2 Å². The summed E-state index contributed by atoms with van der Waals surface area (Å²) < 4.78 is 28.2. The summed E-state index contributed by atoms with van der Waals surface area (Å²) in [5, 5.41) is 9.02. The number of nitrogens with two attached hydrogens (primary N) is 1. The number of methoxy groups -OCH3 is 1. The van der Waals surface area contributed by atoms with Crippen molar-refractivity contribution in [1.29, 1.82) is 0 Å². The van der Waals surface area contributed by atoms with Crippen molar-refractivity contribution >= 4 is 21.5 Å². The first-order valence-electron chi connectivity index (χ1n) is 5.17. The highest BCUT2D eigenvalue weighted by atomic mass is 32.2. The van der Waals surface area contributed by atoms with Crippen molar-refractivity contribution in [3.05, 3.63) is 29.3 Å². The van der Waals surface area contributed by atoms with Crippen LogP contribution < -0.4 is 5.73 Å². The fourth-order valence-corrected chi connectivity index (χ4v) is 2.80. The molecule has 0 aliphatic rings. The Hall–Kier alpha value is -1.60. The van der Waals surface area contributed by atoms with Gasteiger partial charge in [-0.05, 0) is 11.6 Å². The summed E-state index contributed by atoms with van der Waals surface area (Å²) in [6, 6.07) is 4.40. The Morgan fingerprint density at radius 3 is 2.67 bits per heavy atom. The number of carboxylic acids is 1. The molecule has 18 heavy (non-hydrogen) atoms. The number of hydrogen-bond donors (Lipinski definition) is 2. The second-order valence-corrected chi connectivity index (χ2v) is 5.96. The van der Waals surface area contributed by atoms with Crippen LogP contribution in [-0.2, 0) is 20.3 Å². The average molecular weight is 273 g/mol. The van der Waals surface area contributed by atoms with Crippen molar-refractivity contribution in [2.24, 2.45) is 0 Å². The van der Waals surface area contributed by atoms with E-state index in [4.69, 9.17) is 15.6 Å². The van der Waals surface area contributed by atoms with Crippen molar-refractivity contribution in [2.45, 2.75) is 5.75 Å². The van der Waals surface area contributed by atoms with Crippen molar-refractivity contribution in [3.8, 4) is 0 Å². The average Bonchev–Trinajstić information content (AvgIpc) is 2.25. The molecule has 0 bridgehead atoms. The Balaban J connectivity index is 3.05. The van der Waals surface area contributed by atoms with E-state index in [1.165, 1.54) is 25.3 Å². The van der Waals surface area contributed by atoms with Gasteiger partial charge >= 0.3 is 5.97 Å². The van der Waals surface area contributed by atoms with Crippen LogP contribution >= 0.6 is 0 Å². The van der Waals surface area contributed by atoms with Crippen molar-refractivity contribution < 1.29 is 23.1 Å². The number of nitrogen functional groups attached to an aromatic ring is 1. The summed E-state index contributed by atoms with van der Waals surface area (Å²) in [7, 11) is -2.01. The van der Waals surface area contributed by atoms with E-state index in [1.807, 2.05) is 0 Å². The molecule has 0 saturated heterocycles. The molecule has 0 unspecified atom stereocenters. The zero-order valence-corrected chi connectivity index (χ0v) is 10.7. The zero-order chi connectivity index (χ0) is 13.8. The Kier molecular flexibility index (Phi) is 4.69. The van der Waals surface area contributed by atoms with Crippen LogP contribution in [0.1, 0.15) is 15.9 Å². The summed E-state index contributed by atoms with van der Waals surface area (Å²) >= 11 is 0. The van der Waals surface area contributed by atoms with E-state index in [0.717, 1.165) is 0 Å². The molecule has 1 rings (SSSR count). The van der Waals surface area contributed by atoms with Crippen molar-refractivity contribution in [1.82, 2.24) is 0 Å². The van der Waals surface area contributed by atoms with Gasteiger partial charge in [-0.15, -0.1) is 0 Å². The molecule has 0 radical (unpaired) electrons. The van der Waals surface area contributed by atoms with E-state index in [2.05, 4.69) is 0 Å². The first kappa shape index (κ1) is 14.5. The predicted octanol–water partition coefficient (Wildman–Crippen LogP) is 0.528. The summed E-state index contributed by atoms with van der Waals surface area (Å²) in [4.78, 5) is 11.0. The van der Waals surface area contributed by atoms with Gasteiger partial charge in [-0.25, -0.2) is 13.2 Å². The number of aromatic carboxylic acids is 1. The van der Waals surface area contributed by atoms with Crippen LogP contribution in [0.5, 0.6) is 0 Å². The van der Waals surface area contributed by atoms with Gasteiger partial charge in [-0.3, -0.25) is 0 Å². The Bertz CT molecular complexity index is 538.